The number of hydrogen-bond donors (Lipinski definition) is 2. The van der Waals surface area contributed by atoms with Gasteiger partial charge in [0.2, 0.25) is 0 Å². The van der Waals surface area contributed by atoms with E-state index in [1.54, 1.807) is 36.0 Å². The molecule has 1 fully saturated rings. The van der Waals surface area contributed by atoms with Gasteiger partial charge in [0.25, 0.3) is 5.91 Å². The number of rotatable bonds is 5. The van der Waals surface area contributed by atoms with Gasteiger partial charge in [0, 0.05) is 34.4 Å². The average Bonchev–Trinajstić information content (AvgIpc) is 3.27. The maximum atomic E-state index is 13.0. The van der Waals surface area contributed by atoms with Crippen molar-refractivity contribution in [3.05, 3.63) is 64.3 Å². The molecule has 0 unspecified atom stereocenters. The van der Waals surface area contributed by atoms with Crippen LogP contribution in [-0.4, -0.2) is 28.0 Å². The first kappa shape index (κ1) is 24.2. The number of halogens is 1. The van der Waals surface area contributed by atoms with Crippen LogP contribution in [0.2, 0.25) is 5.02 Å². The summed E-state index contributed by atoms with van der Waals surface area (Å²) < 4.78 is 6.00. The van der Waals surface area contributed by atoms with Crippen molar-refractivity contribution in [2.24, 2.45) is 0 Å². The van der Waals surface area contributed by atoms with Crippen LogP contribution in [0, 0.1) is 11.3 Å². The molecular weight excluding hydrogens is 468 g/mol. The molecular formula is C26H27ClN4O2S. The molecule has 2 heterocycles. The Morgan fingerprint density at radius 2 is 1.94 bits per heavy atom. The number of hydrogen-bond acceptors (Lipinski definition) is 6. The second-order valence-electron chi connectivity index (χ2n) is 9.87. The number of piperidine rings is 1. The van der Waals surface area contributed by atoms with E-state index in [0.29, 0.717) is 27.6 Å². The molecule has 0 aliphatic carbocycles. The lowest BCUT2D eigenvalue weighted by molar-refractivity contribution is 0.0873. The van der Waals surface area contributed by atoms with Crippen molar-refractivity contribution in [1.82, 2.24) is 15.6 Å². The van der Waals surface area contributed by atoms with Crippen LogP contribution in [0.1, 0.15) is 56.5 Å². The van der Waals surface area contributed by atoms with Crippen LogP contribution in [0.3, 0.4) is 0 Å². The zero-order valence-corrected chi connectivity index (χ0v) is 21.2. The van der Waals surface area contributed by atoms with E-state index in [1.165, 1.54) is 11.3 Å². The summed E-state index contributed by atoms with van der Waals surface area (Å²) >= 11 is 7.94. The van der Waals surface area contributed by atoms with Crippen LogP contribution in [-0.2, 0) is 0 Å². The second kappa shape index (κ2) is 9.38. The highest BCUT2D eigenvalue weighted by Crippen LogP contribution is 2.37. The van der Waals surface area contributed by atoms with Crippen molar-refractivity contribution in [1.29, 1.82) is 5.26 Å². The highest BCUT2D eigenvalue weighted by molar-refractivity contribution is 7.13. The van der Waals surface area contributed by atoms with Crippen molar-refractivity contribution in [2.45, 2.75) is 57.7 Å². The summed E-state index contributed by atoms with van der Waals surface area (Å²) in [5, 5.41) is 16.8. The number of aromatic nitrogens is 1. The average molecular weight is 495 g/mol. The number of amides is 1. The summed E-state index contributed by atoms with van der Waals surface area (Å²) in [7, 11) is 0. The second-order valence-corrected chi connectivity index (χ2v) is 11.2. The molecule has 1 aromatic heterocycles. The van der Waals surface area contributed by atoms with Gasteiger partial charge in [-0.3, -0.25) is 9.78 Å². The Balaban J connectivity index is 1.52. The predicted octanol–water partition coefficient (Wildman–Crippen LogP) is 6.17. The van der Waals surface area contributed by atoms with Crippen molar-refractivity contribution >= 4 is 28.8 Å². The number of benzene rings is 2. The summed E-state index contributed by atoms with van der Waals surface area (Å²) in [6, 6.07) is 12.6. The van der Waals surface area contributed by atoms with E-state index in [-0.39, 0.29) is 23.0 Å². The molecule has 0 atom stereocenters. The fraction of sp³-hybridized carbons (Fsp3) is 0.346. The highest BCUT2D eigenvalue weighted by atomic mass is 35.5. The van der Waals surface area contributed by atoms with Gasteiger partial charge in [-0.05, 0) is 64.8 Å². The van der Waals surface area contributed by atoms with E-state index in [2.05, 4.69) is 49.4 Å². The number of ether oxygens (including phenoxy) is 1. The molecule has 1 saturated heterocycles. The van der Waals surface area contributed by atoms with Crippen LogP contribution in [0.5, 0.6) is 11.5 Å². The van der Waals surface area contributed by atoms with Gasteiger partial charge >= 0.3 is 0 Å². The van der Waals surface area contributed by atoms with E-state index in [9.17, 15) is 10.1 Å². The van der Waals surface area contributed by atoms with E-state index < -0.39 is 0 Å². The highest BCUT2D eigenvalue weighted by Gasteiger charge is 2.38. The minimum atomic E-state index is -0.170. The van der Waals surface area contributed by atoms with Crippen molar-refractivity contribution < 1.29 is 9.53 Å². The Bertz CT molecular complexity index is 1230. The minimum absolute atomic E-state index is 0.0566. The van der Waals surface area contributed by atoms with Crippen LogP contribution in [0.4, 0.5) is 0 Å². The van der Waals surface area contributed by atoms with E-state index >= 15 is 0 Å². The lowest BCUT2D eigenvalue weighted by Crippen LogP contribution is -2.62. The normalized spacial score (nSPS) is 17.1. The molecule has 2 N–H and O–H groups in total. The van der Waals surface area contributed by atoms with Gasteiger partial charge in [-0.2, -0.15) is 5.26 Å². The summed E-state index contributed by atoms with van der Waals surface area (Å²) in [6.07, 6.45) is 3.39. The molecule has 2 aromatic carbocycles. The molecule has 4 rings (SSSR count). The van der Waals surface area contributed by atoms with Crippen molar-refractivity contribution in [3.8, 4) is 28.0 Å². The Morgan fingerprint density at radius 3 is 2.56 bits per heavy atom. The van der Waals surface area contributed by atoms with Crippen LogP contribution >= 0.6 is 22.9 Å². The van der Waals surface area contributed by atoms with Gasteiger partial charge in [-0.1, -0.05) is 23.7 Å². The number of thiazole rings is 1. The Labute approximate surface area is 208 Å². The molecule has 1 amide bonds. The molecule has 0 bridgehead atoms. The SMILES string of the molecule is CC1(C)CC(NC(=O)c2ccc(Oc3cccc(-c4cncs4)c3C#N)c(Cl)c2)CC(C)(C)N1. The first-order chi connectivity index (χ1) is 16.1. The fourth-order valence-electron chi connectivity index (χ4n) is 4.82. The molecule has 6 nitrogen and oxygen atoms in total. The quantitative estimate of drug-likeness (QED) is 0.443. The number of nitriles is 1. The summed E-state index contributed by atoms with van der Waals surface area (Å²) in [6.45, 7) is 8.59. The van der Waals surface area contributed by atoms with E-state index in [4.69, 9.17) is 16.3 Å². The molecule has 176 valence electrons. The van der Waals surface area contributed by atoms with Gasteiger partial charge in [0.05, 0.1) is 15.4 Å². The summed E-state index contributed by atoms with van der Waals surface area (Å²) in [4.78, 5) is 17.9. The molecule has 34 heavy (non-hydrogen) atoms. The zero-order valence-electron chi connectivity index (χ0n) is 19.6. The zero-order chi connectivity index (χ0) is 24.5. The third kappa shape index (κ3) is 5.41. The number of nitrogens with one attached hydrogen (secondary N) is 2. The van der Waals surface area contributed by atoms with E-state index in [0.717, 1.165) is 23.3 Å². The first-order valence-corrected chi connectivity index (χ1v) is 12.3. The molecule has 1 aliphatic rings. The van der Waals surface area contributed by atoms with Gasteiger partial charge in [0.1, 0.15) is 23.1 Å². The maximum absolute atomic E-state index is 13.0. The van der Waals surface area contributed by atoms with Gasteiger partial charge < -0.3 is 15.4 Å². The Kier molecular flexibility index (Phi) is 6.68. The third-order valence-electron chi connectivity index (χ3n) is 5.78. The lowest BCUT2D eigenvalue weighted by Gasteiger charge is -2.46. The van der Waals surface area contributed by atoms with Crippen LogP contribution in [0.25, 0.3) is 10.4 Å². The number of carbonyl (C=O) groups is 1. The molecule has 3 aromatic rings. The molecule has 1 aliphatic heterocycles. The van der Waals surface area contributed by atoms with E-state index in [1.807, 2.05) is 12.1 Å². The molecule has 0 saturated carbocycles. The largest absolute Gasteiger partial charge is 0.454 e. The predicted molar refractivity (Wildman–Crippen MR) is 136 cm³/mol. The molecule has 0 radical (unpaired) electrons. The van der Waals surface area contributed by atoms with Crippen LogP contribution < -0.4 is 15.4 Å². The minimum Gasteiger partial charge on any atom is -0.454 e. The smallest absolute Gasteiger partial charge is 0.251 e. The monoisotopic (exact) mass is 494 g/mol. The van der Waals surface area contributed by atoms with Gasteiger partial charge in [-0.25, -0.2) is 0 Å². The van der Waals surface area contributed by atoms with Crippen molar-refractivity contribution in [2.75, 3.05) is 0 Å². The topological polar surface area (TPSA) is 87.0 Å². The molecule has 8 heteroatoms. The summed E-state index contributed by atoms with van der Waals surface area (Å²) in [5.41, 5.74) is 3.20. The Morgan fingerprint density at radius 1 is 1.21 bits per heavy atom. The van der Waals surface area contributed by atoms with Crippen LogP contribution in [0.15, 0.2) is 48.1 Å². The summed E-state index contributed by atoms with van der Waals surface area (Å²) in [5.74, 6) is 0.601. The molecule has 0 spiro atoms. The first-order valence-electron chi connectivity index (χ1n) is 11.1. The number of carbonyl (C=O) groups excluding carboxylic acids is 1. The Hall–Kier alpha value is -2.92. The standard InChI is InChI=1S/C26H27ClN4O2S/c1-25(2)11-17(12-26(3,4)31-25)30-24(32)16-8-9-22(20(27)10-16)33-21-7-5-6-18(19(21)13-28)23-14-29-15-34-23/h5-10,14-15,17,31H,11-12H2,1-4H3,(H,30,32). The maximum Gasteiger partial charge on any atom is 0.251 e. The fourth-order valence-corrected chi connectivity index (χ4v) is 5.70. The van der Waals surface area contributed by atoms with Crippen molar-refractivity contribution in [3.63, 3.8) is 0 Å². The van der Waals surface area contributed by atoms with Gasteiger partial charge in [-0.15, -0.1) is 11.3 Å². The lowest BCUT2D eigenvalue weighted by atomic mass is 9.79. The third-order valence-corrected chi connectivity index (χ3v) is 6.88. The number of nitrogens with zero attached hydrogens (tertiary/aromatic N) is 2. The van der Waals surface area contributed by atoms with Gasteiger partial charge in [0.15, 0.2) is 0 Å².